The number of anilines is 1. The molecule has 2 heterocycles. The van der Waals surface area contributed by atoms with Crippen LogP contribution in [0.2, 0.25) is 5.02 Å². The van der Waals surface area contributed by atoms with E-state index in [0.29, 0.717) is 17.4 Å². The number of rotatable bonds is 7. The van der Waals surface area contributed by atoms with Crippen molar-refractivity contribution in [1.82, 2.24) is 19.3 Å². The molecular weight excluding hydrogens is 476 g/mol. The van der Waals surface area contributed by atoms with Crippen molar-refractivity contribution in [3.8, 4) is 22.6 Å². The number of imidazole rings is 1. The maximum atomic E-state index is 11.3. The third kappa shape index (κ3) is 4.58. The van der Waals surface area contributed by atoms with E-state index in [1.54, 1.807) is 24.7 Å². The number of hydrogen-bond donors (Lipinski definition) is 1. The number of non-ortho nitro benzene ring substituents is 1. The minimum Gasteiger partial charge on any atom is -0.363 e. The Bertz CT molecular complexity index is 1520. The number of hydrogen-bond acceptors (Lipinski definition) is 5. The molecule has 9 heteroatoms. The number of aromatic nitrogens is 4. The molecule has 0 amide bonds. The first-order valence-corrected chi connectivity index (χ1v) is 11.7. The van der Waals surface area contributed by atoms with Crippen LogP contribution in [0.1, 0.15) is 16.7 Å². The van der Waals surface area contributed by atoms with Crippen molar-refractivity contribution in [2.45, 2.75) is 20.4 Å². The molecule has 0 radical (unpaired) electrons. The molecule has 5 aromatic rings. The number of nitro benzene ring substituents is 1. The normalized spacial score (nSPS) is 11.0. The van der Waals surface area contributed by atoms with Gasteiger partial charge in [-0.1, -0.05) is 35.9 Å². The van der Waals surface area contributed by atoms with Gasteiger partial charge in [-0.15, -0.1) is 5.10 Å². The summed E-state index contributed by atoms with van der Waals surface area (Å²) in [5.74, 6) is 0.650. The van der Waals surface area contributed by atoms with E-state index in [4.69, 9.17) is 16.7 Å². The summed E-state index contributed by atoms with van der Waals surface area (Å²) < 4.78 is 3.79. The van der Waals surface area contributed by atoms with E-state index in [1.807, 2.05) is 53.6 Å². The Labute approximate surface area is 213 Å². The van der Waals surface area contributed by atoms with Crippen molar-refractivity contribution >= 4 is 23.1 Å². The van der Waals surface area contributed by atoms with Gasteiger partial charge in [-0.05, 0) is 60.9 Å². The van der Waals surface area contributed by atoms with E-state index in [0.717, 1.165) is 39.3 Å². The van der Waals surface area contributed by atoms with E-state index in [9.17, 15) is 10.1 Å². The number of nitro groups is 1. The highest BCUT2D eigenvalue weighted by molar-refractivity contribution is 6.30. The molecule has 3 aromatic carbocycles. The highest BCUT2D eigenvalue weighted by Gasteiger charge is 2.23. The molecule has 0 fully saturated rings. The van der Waals surface area contributed by atoms with Crippen LogP contribution in [0.4, 0.5) is 11.5 Å². The van der Waals surface area contributed by atoms with E-state index >= 15 is 0 Å². The smallest absolute Gasteiger partial charge is 0.269 e. The van der Waals surface area contributed by atoms with E-state index in [-0.39, 0.29) is 5.69 Å². The maximum absolute atomic E-state index is 11.3. The number of aryl methyl sites for hydroxylation is 2. The summed E-state index contributed by atoms with van der Waals surface area (Å²) in [6.07, 6.45) is 5.28. The second-order valence-corrected chi connectivity index (χ2v) is 8.94. The Hall–Kier alpha value is -4.43. The molecule has 5 rings (SSSR count). The van der Waals surface area contributed by atoms with E-state index in [1.165, 1.54) is 12.1 Å². The standard InChI is InChI=1S/C27H23ClN6O2/c1-18-3-4-19(2)24(15-18)33-25(21-7-11-23(12-8-21)34(35)36)26(32-14-13-29-17-32)27(31-33)30-16-20-5-9-22(28)10-6-20/h3-15,17H,16H2,1-2H3,(H,30,31). The molecule has 0 saturated heterocycles. The second-order valence-electron chi connectivity index (χ2n) is 8.50. The van der Waals surface area contributed by atoms with Crippen LogP contribution in [0, 0.1) is 24.0 Å². The van der Waals surface area contributed by atoms with Gasteiger partial charge in [0.25, 0.3) is 5.69 Å². The SMILES string of the molecule is Cc1ccc(C)c(-n2nc(NCc3ccc(Cl)cc3)c(-n3ccnc3)c2-c2ccc([N+](=O)[O-])cc2)c1. The minimum absolute atomic E-state index is 0.0295. The van der Waals surface area contributed by atoms with Gasteiger partial charge < -0.3 is 9.88 Å². The van der Waals surface area contributed by atoms with Gasteiger partial charge in [-0.25, -0.2) is 9.67 Å². The molecule has 0 spiro atoms. The van der Waals surface area contributed by atoms with E-state index in [2.05, 4.69) is 28.5 Å². The Balaban J connectivity index is 1.71. The minimum atomic E-state index is -0.401. The Morgan fingerprint density at radius 1 is 1.03 bits per heavy atom. The van der Waals surface area contributed by atoms with Crippen LogP contribution in [0.3, 0.4) is 0 Å². The van der Waals surface area contributed by atoms with Crippen LogP contribution in [-0.4, -0.2) is 24.3 Å². The van der Waals surface area contributed by atoms with Crippen LogP contribution >= 0.6 is 11.6 Å². The summed E-state index contributed by atoms with van der Waals surface area (Å²) in [6, 6.07) is 20.4. The number of halogens is 1. The Morgan fingerprint density at radius 3 is 2.44 bits per heavy atom. The fourth-order valence-electron chi connectivity index (χ4n) is 4.07. The van der Waals surface area contributed by atoms with Crippen LogP contribution in [-0.2, 0) is 6.54 Å². The Morgan fingerprint density at radius 2 is 1.78 bits per heavy atom. The predicted octanol–water partition coefficient (Wildman–Crippen LogP) is 6.52. The van der Waals surface area contributed by atoms with Gasteiger partial charge in [0.2, 0.25) is 0 Å². The largest absolute Gasteiger partial charge is 0.363 e. The molecule has 0 atom stereocenters. The predicted molar refractivity (Wildman–Crippen MR) is 141 cm³/mol. The average molecular weight is 499 g/mol. The van der Waals surface area contributed by atoms with Crippen molar-refractivity contribution in [1.29, 1.82) is 0 Å². The first-order valence-electron chi connectivity index (χ1n) is 11.3. The van der Waals surface area contributed by atoms with Gasteiger partial charge in [-0.2, -0.15) is 0 Å². The molecule has 36 heavy (non-hydrogen) atoms. The zero-order valence-electron chi connectivity index (χ0n) is 19.7. The molecule has 180 valence electrons. The first kappa shape index (κ1) is 23.3. The van der Waals surface area contributed by atoms with Gasteiger partial charge in [0.15, 0.2) is 5.82 Å². The Kier molecular flexibility index (Phi) is 6.26. The highest BCUT2D eigenvalue weighted by Crippen LogP contribution is 2.36. The molecule has 0 aliphatic heterocycles. The summed E-state index contributed by atoms with van der Waals surface area (Å²) in [5.41, 5.74) is 6.51. The molecule has 0 bridgehead atoms. The van der Waals surface area contributed by atoms with Crippen LogP contribution in [0.5, 0.6) is 0 Å². The van der Waals surface area contributed by atoms with Crippen molar-refractivity contribution in [2.24, 2.45) is 0 Å². The summed E-state index contributed by atoms with van der Waals surface area (Å²) >= 11 is 6.05. The maximum Gasteiger partial charge on any atom is 0.269 e. The quantitative estimate of drug-likeness (QED) is 0.204. The topological polar surface area (TPSA) is 90.8 Å². The lowest BCUT2D eigenvalue weighted by Gasteiger charge is -2.13. The lowest BCUT2D eigenvalue weighted by atomic mass is 10.1. The van der Waals surface area contributed by atoms with Crippen LogP contribution in [0.15, 0.2) is 85.5 Å². The van der Waals surface area contributed by atoms with Gasteiger partial charge >= 0.3 is 0 Å². The van der Waals surface area contributed by atoms with Crippen molar-refractivity contribution in [3.63, 3.8) is 0 Å². The first-order chi connectivity index (χ1) is 17.4. The van der Waals surface area contributed by atoms with Gasteiger partial charge in [0, 0.05) is 41.7 Å². The number of nitrogens with zero attached hydrogens (tertiary/aromatic N) is 5. The number of benzene rings is 3. The third-order valence-electron chi connectivity index (χ3n) is 5.94. The molecule has 0 aliphatic carbocycles. The summed E-state index contributed by atoms with van der Waals surface area (Å²) in [6.45, 7) is 4.60. The fourth-order valence-corrected chi connectivity index (χ4v) is 4.20. The molecule has 1 N–H and O–H groups in total. The average Bonchev–Trinajstić information content (AvgIpc) is 3.53. The monoisotopic (exact) mass is 498 g/mol. The number of nitrogens with one attached hydrogen (secondary N) is 1. The summed E-state index contributed by atoms with van der Waals surface area (Å²) in [4.78, 5) is 15.1. The fraction of sp³-hybridized carbons (Fsp3) is 0.111. The van der Waals surface area contributed by atoms with E-state index < -0.39 is 4.92 Å². The summed E-state index contributed by atoms with van der Waals surface area (Å²) in [7, 11) is 0. The second kappa shape index (κ2) is 9.67. The molecular formula is C27H23ClN6O2. The lowest BCUT2D eigenvalue weighted by molar-refractivity contribution is -0.384. The molecule has 8 nitrogen and oxygen atoms in total. The van der Waals surface area contributed by atoms with Crippen molar-refractivity contribution in [2.75, 3.05) is 5.32 Å². The lowest BCUT2D eigenvalue weighted by Crippen LogP contribution is -2.04. The molecule has 0 saturated carbocycles. The van der Waals surface area contributed by atoms with Gasteiger partial charge in [0.05, 0.1) is 16.9 Å². The molecule has 0 unspecified atom stereocenters. The van der Waals surface area contributed by atoms with Gasteiger partial charge in [0.1, 0.15) is 11.4 Å². The van der Waals surface area contributed by atoms with Crippen molar-refractivity contribution in [3.05, 3.63) is 117 Å². The van der Waals surface area contributed by atoms with Crippen molar-refractivity contribution < 1.29 is 4.92 Å². The highest BCUT2D eigenvalue weighted by atomic mass is 35.5. The molecule has 2 aromatic heterocycles. The molecule has 0 aliphatic rings. The zero-order chi connectivity index (χ0) is 25.2. The third-order valence-corrected chi connectivity index (χ3v) is 6.19. The van der Waals surface area contributed by atoms with Crippen LogP contribution in [0.25, 0.3) is 22.6 Å². The summed E-state index contributed by atoms with van der Waals surface area (Å²) in [5, 5.41) is 20.4. The van der Waals surface area contributed by atoms with Gasteiger partial charge in [-0.3, -0.25) is 10.1 Å². The zero-order valence-corrected chi connectivity index (χ0v) is 20.5. The van der Waals surface area contributed by atoms with Crippen LogP contribution < -0.4 is 5.32 Å².